The van der Waals surface area contributed by atoms with Gasteiger partial charge in [0.25, 0.3) is 0 Å². The SMILES string of the molecule is CC(C)c1cc(C(=O)O)n(Cc2ccc(F)c(C(F)(F)F)c2)c1. The highest BCUT2D eigenvalue weighted by Gasteiger charge is 2.34. The molecule has 0 radical (unpaired) electrons. The van der Waals surface area contributed by atoms with E-state index < -0.39 is 23.5 Å². The first-order valence-corrected chi connectivity index (χ1v) is 6.88. The number of halogens is 4. The summed E-state index contributed by atoms with van der Waals surface area (Å²) >= 11 is 0. The quantitative estimate of drug-likeness (QED) is 0.838. The predicted octanol–water partition coefficient (Wildman–Crippen LogP) is 4.52. The molecule has 3 nitrogen and oxygen atoms in total. The van der Waals surface area contributed by atoms with Crippen molar-refractivity contribution in [3.8, 4) is 0 Å². The van der Waals surface area contributed by atoms with E-state index >= 15 is 0 Å². The predicted molar refractivity (Wildman–Crippen MR) is 76.0 cm³/mol. The lowest BCUT2D eigenvalue weighted by atomic mass is 10.1. The first-order valence-electron chi connectivity index (χ1n) is 6.88. The molecule has 0 aliphatic rings. The fraction of sp³-hybridized carbons (Fsp3) is 0.312. The van der Waals surface area contributed by atoms with Crippen molar-refractivity contribution in [3.63, 3.8) is 0 Å². The molecule has 0 bridgehead atoms. The maximum atomic E-state index is 13.3. The van der Waals surface area contributed by atoms with Crippen molar-refractivity contribution in [3.05, 3.63) is 58.7 Å². The molecule has 1 aromatic carbocycles. The van der Waals surface area contributed by atoms with Crippen LogP contribution >= 0.6 is 0 Å². The summed E-state index contributed by atoms with van der Waals surface area (Å²) in [6.07, 6.45) is -3.21. The molecule has 1 N–H and O–H groups in total. The molecule has 23 heavy (non-hydrogen) atoms. The van der Waals surface area contributed by atoms with Crippen molar-refractivity contribution < 1.29 is 27.5 Å². The van der Waals surface area contributed by atoms with E-state index in [2.05, 4.69) is 0 Å². The number of aromatic nitrogens is 1. The molecule has 0 aliphatic heterocycles. The number of aromatic carboxylic acids is 1. The van der Waals surface area contributed by atoms with Crippen LogP contribution in [0.4, 0.5) is 17.6 Å². The van der Waals surface area contributed by atoms with Crippen molar-refractivity contribution in [1.29, 1.82) is 0 Å². The van der Waals surface area contributed by atoms with E-state index in [0.29, 0.717) is 6.07 Å². The molecule has 1 heterocycles. The van der Waals surface area contributed by atoms with E-state index in [9.17, 15) is 27.5 Å². The molecular weight excluding hydrogens is 314 g/mol. The summed E-state index contributed by atoms with van der Waals surface area (Å²) in [7, 11) is 0. The Balaban J connectivity index is 2.41. The summed E-state index contributed by atoms with van der Waals surface area (Å²) in [6.45, 7) is 3.67. The molecule has 0 fully saturated rings. The van der Waals surface area contributed by atoms with Gasteiger partial charge in [0.05, 0.1) is 5.56 Å². The van der Waals surface area contributed by atoms with Crippen LogP contribution in [0, 0.1) is 5.82 Å². The zero-order valence-corrected chi connectivity index (χ0v) is 12.5. The lowest BCUT2D eigenvalue weighted by Crippen LogP contribution is -2.11. The summed E-state index contributed by atoms with van der Waals surface area (Å²) in [5.74, 6) is -2.45. The van der Waals surface area contributed by atoms with Crippen molar-refractivity contribution in [2.45, 2.75) is 32.5 Å². The summed E-state index contributed by atoms with van der Waals surface area (Å²) < 4.78 is 52.9. The summed E-state index contributed by atoms with van der Waals surface area (Å²) in [4.78, 5) is 11.3. The van der Waals surface area contributed by atoms with Crippen molar-refractivity contribution in [1.82, 2.24) is 4.57 Å². The first-order chi connectivity index (χ1) is 10.6. The van der Waals surface area contributed by atoms with Gasteiger partial charge in [-0.3, -0.25) is 0 Å². The molecule has 0 amide bonds. The third-order valence-electron chi connectivity index (χ3n) is 3.49. The minimum absolute atomic E-state index is 0.0217. The van der Waals surface area contributed by atoms with Crippen LogP contribution < -0.4 is 0 Å². The van der Waals surface area contributed by atoms with Crippen LogP contribution in [0.3, 0.4) is 0 Å². The van der Waals surface area contributed by atoms with Gasteiger partial charge < -0.3 is 9.67 Å². The summed E-state index contributed by atoms with van der Waals surface area (Å²) in [5, 5.41) is 9.21. The molecule has 0 unspecified atom stereocenters. The second-order valence-electron chi connectivity index (χ2n) is 5.56. The summed E-state index contributed by atoms with van der Waals surface area (Å²) in [6, 6.07) is 4.15. The van der Waals surface area contributed by atoms with E-state index in [1.54, 1.807) is 6.20 Å². The Morgan fingerprint density at radius 3 is 2.43 bits per heavy atom. The molecule has 0 aliphatic carbocycles. The van der Waals surface area contributed by atoms with Crippen molar-refractivity contribution >= 4 is 5.97 Å². The van der Waals surface area contributed by atoms with Gasteiger partial charge in [0.2, 0.25) is 0 Å². The van der Waals surface area contributed by atoms with Gasteiger partial charge in [-0.15, -0.1) is 0 Å². The smallest absolute Gasteiger partial charge is 0.419 e. The van der Waals surface area contributed by atoms with E-state index in [-0.39, 0.29) is 23.7 Å². The van der Waals surface area contributed by atoms with Gasteiger partial charge in [-0.05, 0) is 35.2 Å². The van der Waals surface area contributed by atoms with E-state index in [1.807, 2.05) is 13.8 Å². The zero-order chi connectivity index (χ0) is 17.4. The van der Waals surface area contributed by atoms with Gasteiger partial charge in [-0.1, -0.05) is 19.9 Å². The maximum absolute atomic E-state index is 13.3. The van der Waals surface area contributed by atoms with Crippen LogP contribution in [0.2, 0.25) is 0 Å². The van der Waals surface area contributed by atoms with Gasteiger partial charge in [0.15, 0.2) is 0 Å². The third-order valence-corrected chi connectivity index (χ3v) is 3.49. The molecule has 0 spiro atoms. The average molecular weight is 329 g/mol. The van der Waals surface area contributed by atoms with Crippen LogP contribution in [0.25, 0.3) is 0 Å². The minimum Gasteiger partial charge on any atom is -0.477 e. The average Bonchev–Trinajstić information content (AvgIpc) is 2.84. The lowest BCUT2D eigenvalue weighted by Gasteiger charge is -2.11. The molecule has 7 heteroatoms. The van der Waals surface area contributed by atoms with Crippen LogP contribution in [0.5, 0.6) is 0 Å². The van der Waals surface area contributed by atoms with Gasteiger partial charge >= 0.3 is 12.1 Å². The van der Waals surface area contributed by atoms with Crippen LogP contribution in [0.15, 0.2) is 30.5 Å². The zero-order valence-electron chi connectivity index (χ0n) is 12.5. The number of nitrogens with zero attached hydrogens (tertiary/aromatic N) is 1. The van der Waals surface area contributed by atoms with E-state index in [0.717, 1.165) is 11.6 Å². The number of hydrogen-bond acceptors (Lipinski definition) is 1. The van der Waals surface area contributed by atoms with Gasteiger partial charge in [0.1, 0.15) is 11.5 Å². The number of benzene rings is 1. The second kappa shape index (κ2) is 6.06. The topological polar surface area (TPSA) is 42.2 Å². The Labute approximate surface area is 130 Å². The molecule has 2 aromatic rings. The highest BCUT2D eigenvalue weighted by molar-refractivity contribution is 5.86. The fourth-order valence-electron chi connectivity index (χ4n) is 2.24. The molecule has 2 rings (SSSR count). The first kappa shape index (κ1) is 17.1. The normalized spacial score (nSPS) is 12.0. The van der Waals surface area contributed by atoms with Crippen LogP contribution in [-0.2, 0) is 12.7 Å². The van der Waals surface area contributed by atoms with Crippen molar-refractivity contribution in [2.75, 3.05) is 0 Å². The van der Waals surface area contributed by atoms with Gasteiger partial charge in [-0.2, -0.15) is 13.2 Å². The maximum Gasteiger partial charge on any atom is 0.419 e. The molecule has 0 atom stereocenters. The Morgan fingerprint density at radius 1 is 1.26 bits per heavy atom. The highest BCUT2D eigenvalue weighted by atomic mass is 19.4. The molecule has 1 aromatic heterocycles. The number of alkyl halides is 3. The Kier molecular flexibility index (Phi) is 4.49. The summed E-state index contributed by atoms with van der Waals surface area (Å²) in [5.41, 5.74) is -0.442. The minimum atomic E-state index is -4.80. The van der Waals surface area contributed by atoms with E-state index in [4.69, 9.17) is 0 Å². The monoisotopic (exact) mass is 329 g/mol. The third kappa shape index (κ3) is 3.72. The number of carboxylic acid groups (broad SMARTS) is 1. The Morgan fingerprint density at radius 2 is 1.91 bits per heavy atom. The van der Waals surface area contributed by atoms with Gasteiger partial charge in [0, 0.05) is 12.7 Å². The molecule has 0 saturated heterocycles. The van der Waals surface area contributed by atoms with Crippen LogP contribution in [-0.4, -0.2) is 15.6 Å². The molecular formula is C16H15F4NO2. The molecule has 124 valence electrons. The number of carbonyl (C=O) groups is 1. The number of carboxylic acids is 1. The number of rotatable bonds is 4. The Hall–Kier alpha value is -2.31. The second-order valence-corrected chi connectivity index (χ2v) is 5.56. The van der Waals surface area contributed by atoms with Crippen LogP contribution in [0.1, 0.15) is 46.9 Å². The largest absolute Gasteiger partial charge is 0.477 e. The van der Waals surface area contributed by atoms with E-state index in [1.165, 1.54) is 16.7 Å². The molecule has 0 saturated carbocycles. The van der Waals surface area contributed by atoms with Crippen molar-refractivity contribution in [2.24, 2.45) is 0 Å². The highest BCUT2D eigenvalue weighted by Crippen LogP contribution is 2.32. The standard InChI is InChI=1S/C16H15F4NO2/c1-9(2)11-6-14(15(22)23)21(8-11)7-10-3-4-13(17)12(5-10)16(18,19)20/h3-6,8-9H,7H2,1-2H3,(H,22,23). The Bertz CT molecular complexity index is 732. The van der Waals surface area contributed by atoms with Gasteiger partial charge in [-0.25, -0.2) is 9.18 Å². The fourth-order valence-corrected chi connectivity index (χ4v) is 2.24. The lowest BCUT2D eigenvalue weighted by molar-refractivity contribution is -0.140. The number of hydrogen-bond donors (Lipinski definition) is 1.